The van der Waals surface area contributed by atoms with Crippen LogP contribution in [-0.2, 0) is 0 Å². The van der Waals surface area contributed by atoms with Gasteiger partial charge in [-0.15, -0.1) is 0 Å². The Kier molecular flexibility index (Phi) is 3.06. The van der Waals surface area contributed by atoms with E-state index in [0.717, 1.165) is 16.8 Å². The lowest BCUT2D eigenvalue weighted by atomic mass is 10.1. The average molecular weight is 243 g/mol. The summed E-state index contributed by atoms with van der Waals surface area (Å²) in [6.45, 7) is 6.18. The Bertz CT molecular complexity index is 549. The molecule has 1 aromatic heterocycles. The molecule has 1 heterocycles. The van der Waals surface area contributed by atoms with Gasteiger partial charge in [0.15, 0.2) is 0 Å². The van der Waals surface area contributed by atoms with Crippen molar-refractivity contribution in [2.75, 3.05) is 16.8 Å². The molecule has 0 saturated carbocycles. The SMILES string of the molecule is Cc1cc(C)c(Nc2cc(N)nc(N)n2)c(C)c1. The predicted molar refractivity (Wildman–Crippen MR) is 74.8 cm³/mol. The van der Waals surface area contributed by atoms with Crippen molar-refractivity contribution in [3.63, 3.8) is 0 Å². The van der Waals surface area contributed by atoms with Crippen LogP contribution in [0.2, 0.25) is 0 Å². The molecule has 0 radical (unpaired) electrons. The summed E-state index contributed by atoms with van der Waals surface area (Å²) in [5.74, 6) is 1.13. The van der Waals surface area contributed by atoms with E-state index in [2.05, 4.69) is 48.2 Å². The number of benzene rings is 1. The van der Waals surface area contributed by atoms with E-state index in [4.69, 9.17) is 11.5 Å². The highest BCUT2D eigenvalue weighted by Gasteiger charge is 2.06. The molecule has 2 aromatic rings. The minimum Gasteiger partial charge on any atom is -0.383 e. The van der Waals surface area contributed by atoms with Crippen molar-refractivity contribution >= 4 is 23.3 Å². The minimum absolute atomic E-state index is 0.167. The lowest BCUT2D eigenvalue weighted by molar-refractivity contribution is 1.18. The molecular weight excluding hydrogens is 226 g/mol. The summed E-state index contributed by atoms with van der Waals surface area (Å²) in [5.41, 5.74) is 15.8. The first-order valence-electron chi connectivity index (χ1n) is 5.70. The Morgan fingerprint density at radius 3 is 2.11 bits per heavy atom. The first-order chi connectivity index (χ1) is 8.45. The predicted octanol–water partition coefficient (Wildman–Crippen LogP) is 2.31. The molecule has 5 N–H and O–H groups in total. The number of aromatic nitrogens is 2. The van der Waals surface area contributed by atoms with E-state index in [0.29, 0.717) is 11.6 Å². The number of nitrogen functional groups attached to an aromatic ring is 2. The van der Waals surface area contributed by atoms with Gasteiger partial charge in [0, 0.05) is 11.8 Å². The first kappa shape index (κ1) is 12.2. The summed E-state index contributed by atoms with van der Waals surface area (Å²) >= 11 is 0. The van der Waals surface area contributed by atoms with Crippen LogP contribution < -0.4 is 16.8 Å². The third-order valence-corrected chi connectivity index (χ3v) is 2.69. The van der Waals surface area contributed by atoms with Crippen molar-refractivity contribution in [3.8, 4) is 0 Å². The lowest BCUT2D eigenvalue weighted by Gasteiger charge is -2.13. The molecule has 0 aliphatic carbocycles. The maximum Gasteiger partial charge on any atom is 0.223 e. The molecule has 5 heteroatoms. The minimum atomic E-state index is 0.167. The van der Waals surface area contributed by atoms with Gasteiger partial charge in [-0.2, -0.15) is 9.97 Å². The highest BCUT2D eigenvalue weighted by molar-refractivity contribution is 5.66. The standard InChI is InChI=1S/C13H17N5/c1-7-4-8(2)12(9(3)5-7)17-11-6-10(14)16-13(15)18-11/h4-6H,1-3H3,(H5,14,15,16,17,18). The van der Waals surface area contributed by atoms with Crippen molar-refractivity contribution < 1.29 is 0 Å². The van der Waals surface area contributed by atoms with Crippen LogP contribution in [0.3, 0.4) is 0 Å². The molecule has 2 rings (SSSR count). The first-order valence-corrected chi connectivity index (χ1v) is 5.70. The summed E-state index contributed by atoms with van der Waals surface area (Å²) < 4.78 is 0. The Morgan fingerprint density at radius 1 is 0.944 bits per heavy atom. The van der Waals surface area contributed by atoms with Gasteiger partial charge in [-0.1, -0.05) is 17.7 Å². The van der Waals surface area contributed by atoms with Gasteiger partial charge in [-0.3, -0.25) is 0 Å². The van der Waals surface area contributed by atoms with Crippen LogP contribution in [0.15, 0.2) is 18.2 Å². The quantitative estimate of drug-likeness (QED) is 0.753. The van der Waals surface area contributed by atoms with Crippen LogP contribution >= 0.6 is 0 Å². The van der Waals surface area contributed by atoms with Gasteiger partial charge in [0.05, 0.1) is 0 Å². The fraction of sp³-hybridized carbons (Fsp3) is 0.231. The third-order valence-electron chi connectivity index (χ3n) is 2.69. The number of rotatable bonds is 2. The highest BCUT2D eigenvalue weighted by Crippen LogP contribution is 2.25. The van der Waals surface area contributed by atoms with Crippen molar-refractivity contribution in [1.29, 1.82) is 0 Å². The van der Waals surface area contributed by atoms with Gasteiger partial charge in [-0.25, -0.2) is 0 Å². The topological polar surface area (TPSA) is 89.8 Å². The molecule has 0 unspecified atom stereocenters. The molecule has 94 valence electrons. The van der Waals surface area contributed by atoms with E-state index in [1.165, 1.54) is 5.56 Å². The van der Waals surface area contributed by atoms with Gasteiger partial charge in [-0.05, 0) is 31.9 Å². The Morgan fingerprint density at radius 2 is 1.56 bits per heavy atom. The normalized spacial score (nSPS) is 10.4. The summed E-state index contributed by atoms with van der Waals surface area (Å²) in [6.07, 6.45) is 0. The molecule has 0 amide bonds. The number of nitrogens with one attached hydrogen (secondary N) is 1. The zero-order valence-electron chi connectivity index (χ0n) is 10.8. The van der Waals surface area contributed by atoms with Gasteiger partial charge in [0.25, 0.3) is 0 Å². The number of aryl methyl sites for hydroxylation is 3. The largest absolute Gasteiger partial charge is 0.383 e. The maximum absolute atomic E-state index is 5.64. The number of nitrogens with zero attached hydrogens (tertiary/aromatic N) is 2. The van der Waals surface area contributed by atoms with Crippen LogP contribution in [0.1, 0.15) is 16.7 Å². The third kappa shape index (κ3) is 2.51. The Labute approximate surface area is 106 Å². The van der Waals surface area contributed by atoms with Crippen LogP contribution in [0.5, 0.6) is 0 Å². The molecule has 0 bridgehead atoms. The smallest absolute Gasteiger partial charge is 0.223 e. The lowest BCUT2D eigenvalue weighted by Crippen LogP contribution is -2.04. The number of anilines is 4. The van der Waals surface area contributed by atoms with E-state index in [9.17, 15) is 0 Å². The van der Waals surface area contributed by atoms with E-state index < -0.39 is 0 Å². The molecule has 0 fully saturated rings. The second-order valence-corrected chi connectivity index (χ2v) is 4.43. The molecule has 5 nitrogen and oxygen atoms in total. The molecule has 0 spiro atoms. The van der Waals surface area contributed by atoms with E-state index >= 15 is 0 Å². The summed E-state index contributed by atoms with van der Waals surface area (Å²) in [4.78, 5) is 7.95. The van der Waals surface area contributed by atoms with Crippen LogP contribution in [0.4, 0.5) is 23.3 Å². The number of hydrogen-bond acceptors (Lipinski definition) is 5. The molecule has 0 atom stereocenters. The molecule has 1 aromatic carbocycles. The van der Waals surface area contributed by atoms with Gasteiger partial charge in [0.2, 0.25) is 5.95 Å². The van der Waals surface area contributed by atoms with Crippen molar-refractivity contribution in [3.05, 3.63) is 34.9 Å². The molecule has 18 heavy (non-hydrogen) atoms. The second kappa shape index (κ2) is 4.52. The molecular formula is C13H17N5. The van der Waals surface area contributed by atoms with E-state index in [1.807, 2.05) is 0 Å². The molecule has 0 saturated heterocycles. The van der Waals surface area contributed by atoms with E-state index in [-0.39, 0.29) is 5.95 Å². The van der Waals surface area contributed by atoms with Crippen LogP contribution in [0, 0.1) is 20.8 Å². The number of hydrogen-bond donors (Lipinski definition) is 3. The van der Waals surface area contributed by atoms with Gasteiger partial charge in [0.1, 0.15) is 11.6 Å². The summed E-state index contributed by atoms with van der Waals surface area (Å²) in [7, 11) is 0. The van der Waals surface area contributed by atoms with Gasteiger partial charge >= 0.3 is 0 Å². The van der Waals surface area contributed by atoms with Crippen molar-refractivity contribution in [2.45, 2.75) is 20.8 Å². The zero-order valence-corrected chi connectivity index (χ0v) is 10.8. The van der Waals surface area contributed by atoms with Crippen LogP contribution in [0.25, 0.3) is 0 Å². The monoisotopic (exact) mass is 243 g/mol. The van der Waals surface area contributed by atoms with Gasteiger partial charge < -0.3 is 16.8 Å². The van der Waals surface area contributed by atoms with E-state index in [1.54, 1.807) is 6.07 Å². The second-order valence-electron chi connectivity index (χ2n) is 4.43. The maximum atomic E-state index is 5.64. The van der Waals surface area contributed by atoms with Crippen LogP contribution in [-0.4, -0.2) is 9.97 Å². The molecule has 0 aliphatic heterocycles. The fourth-order valence-corrected chi connectivity index (χ4v) is 2.05. The highest BCUT2D eigenvalue weighted by atomic mass is 15.1. The molecule has 0 aliphatic rings. The Balaban J connectivity index is 2.40. The average Bonchev–Trinajstić information content (AvgIpc) is 2.22. The summed E-state index contributed by atoms with van der Waals surface area (Å²) in [6, 6.07) is 5.89. The van der Waals surface area contributed by atoms with Crippen molar-refractivity contribution in [2.24, 2.45) is 0 Å². The van der Waals surface area contributed by atoms with Crippen molar-refractivity contribution in [1.82, 2.24) is 9.97 Å². The number of nitrogens with two attached hydrogens (primary N) is 2. The fourth-order valence-electron chi connectivity index (χ4n) is 2.05. The summed E-state index contributed by atoms with van der Waals surface area (Å²) in [5, 5.41) is 3.24. The Hall–Kier alpha value is -2.30. The zero-order chi connectivity index (χ0) is 13.3.